The molecule has 0 spiro atoms. The second-order valence-corrected chi connectivity index (χ2v) is 12.1. The number of hydrogen-bond donors (Lipinski definition) is 2. The summed E-state index contributed by atoms with van der Waals surface area (Å²) < 4.78 is 5.49. The van der Waals surface area contributed by atoms with Crippen LogP contribution in [0, 0.1) is 0 Å². The molecule has 0 aromatic carbocycles. The van der Waals surface area contributed by atoms with Gasteiger partial charge in [0.05, 0.1) is 6.10 Å². The molecule has 0 bridgehead atoms. The van der Waals surface area contributed by atoms with Gasteiger partial charge in [-0.15, -0.1) is 0 Å². The summed E-state index contributed by atoms with van der Waals surface area (Å²) in [6, 6.07) is 1.13. The Balaban J connectivity index is 3.96. The van der Waals surface area contributed by atoms with Crippen molar-refractivity contribution in [3.05, 3.63) is 0 Å². The van der Waals surface area contributed by atoms with E-state index in [9.17, 15) is 4.79 Å². The van der Waals surface area contributed by atoms with Gasteiger partial charge in [0.15, 0.2) is 0 Å². The minimum atomic E-state index is -1.03. The van der Waals surface area contributed by atoms with E-state index in [0.717, 1.165) is 19.3 Å². The number of likely N-dealkylation sites (N-methyl/N-ethyl adjacent to an activating group) is 1. The first kappa shape index (κ1) is 18.4. The Hall–Kier alpha value is -0.593. The standard InChI is InChI=1S/C13H30N2O3Si/c1-15(13(16)17)10-11(14)6-7-12(18-2)8-9-19(3,4)5/h11-12H,6-10,14H2,1-5H3,(H,16,17). The van der Waals surface area contributed by atoms with Crippen LogP contribution in [0.25, 0.3) is 0 Å². The molecule has 0 aliphatic rings. The van der Waals surface area contributed by atoms with E-state index in [2.05, 4.69) is 19.6 Å². The zero-order valence-electron chi connectivity index (χ0n) is 13.0. The highest BCUT2D eigenvalue weighted by atomic mass is 28.3. The molecule has 0 aliphatic carbocycles. The third-order valence-corrected chi connectivity index (χ3v) is 5.03. The molecule has 2 unspecified atom stereocenters. The molecule has 114 valence electrons. The van der Waals surface area contributed by atoms with Gasteiger partial charge in [-0.05, 0) is 19.3 Å². The van der Waals surface area contributed by atoms with Crippen molar-refractivity contribution >= 4 is 14.2 Å². The van der Waals surface area contributed by atoms with Gasteiger partial charge in [0.25, 0.3) is 0 Å². The predicted molar refractivity (Wildman–Crippen MR) is 81.4 cm³/mol. The smallest absolute Gasteiger partial charge is 0.407 e. The molecular weight excluding hydrogens is 260 g/mol. The summed E-state index contributed by atoms with van der Waals surface area (Å²) in [7, 11) is 2.25. The van der Waals surface area contributed by atoms with Gasteiger partial charge in [-0.1, -0.05) is 25.7 Å². The molecule has 6 heteroatoms. The zero-order chi connectivity index (χ0) is 15.1. The van der Waals surface area contributed by atoms with Gasteiger partial charge in [0, 0.05) is 34.8 Å². The molecule has 0 aromatic heterocycles. The average Bonchev–Trinajstić information content (AvgIpc) is 2.27. The first-order valence-corrected chi connectivity index (χ1v) is 10.6. The molecule has 1 amide bonds. The van der Waals surface area contributed by atoms with E-state index in [-0.39, 0.29) is 12.1 Å². The van der Waals surface area contributed by atoms with E-state index >= 15 is 0 Å². The maximum absolute atomic E-state index is 10.7. The highest BCUT2D eigenvalue weighted by Crippen LogP contribution is 2.17. The average molecular weight is 290 g/mol. The van der Waals surface area contributed by atoms with Crippen LogP contribution in [0.5, 0.6) is 0 Å². The van der Waals surface area contributed by atoms with Crippen molar-refractivity contribution in [1.82, 2.24) is 4.90 Å². The number of carboxylic acid groups (broad SMARTS) is 1. The van der Waals surface area contributed by atoms with Crippen LogP contribution >= 0.6 is 0 Å². The first-order chi connectivity index (χ1) is 8.65. The zero-order valence-corrected chi connectivity index (χ0v) is 14.0. The summed E-state index contributed by atoms with van der Waals surface area (Å²) in [5.41, 5.74) is 5.95. The fourth-order valence-electron chi connectivity index (χ4n) is 1.90. The Morgan fingerprint density at radius 1 is 1.32 bits per heavy atom. The number of hydrogen-bond acceptors (Lipinski definition) is 3. The molecule has 0 aliphatic heterocycles. The van der Waals surface area contributed by atoms with Crippen LogP contribution in [0.15, 0.2) is 0 Å². The van der Waals surface area contributed by atoms with Crippen molar-refractivity contribution in [2.75, 3.05) is 20.7 Å². The SMILES string of the molecule is COC(CCC(N)CN(C)C(=O)O)CC[Si](C)(C)C. The monoisotopic (exact) mass is 290 g/mol. The lowest BCUT2D eigenvalue weighted by atomic mass is 10.1. The summed E-state index contributed by atoms with van der Waals surface area (Å²) in [6.45, 7) is 7.44. The number of nitrogens with zero attached hydrogens (tertiary/aromatic N) is 1. The maximum atomic E-state index is 10.7. The lowest BCUT2D eigenvalue weighted by molar-refractivity contribution is 0.0870. The highest BCUT2D eigenvalue weighted by molar-refractivity contribution is 6.76. The molecular formula is C13H30N2O3Si. The molecule has 0 radical (unpaired) electrons. The number of methoxy groups -OCH3 is 1. The summed E-state index contributed by atoms with van der Waals surface area (Å²) in [6.07, 6.45) is 2.08. The third kappa shape index (κ3) is 9.92. The topological polar surface area (TPSA) is 75.8 Å². The van der Waals surface area contributed by atoms with Crippen LogP contribution in [0.4, 0.5) is 4.79 Å². The number of ether oxygens (including phenoxy) is 1. The Labute approximate surface area is 118 Å². The molecule has 0 rings (SSSR count). The van der Waals surface area contributed by atoms with E-state index in [4.69, 9.17) is 15.6 Å². The normalized spacial score (nSPS) is 15.1. The van der Waals surface area contributed by atoms with Gasteiger partial charge in [-0.2, -0.15) is 0 Å². The van der Waals surface area contributed by atoms with Crippen molar-refractivity contribution in [1.29, 1.82) is 0 Å². The Kier molecular flexibility index (Phi) is 8.29. The van der Waals surface area contributed by atoms with Gasteiger partial charge in [0.1, 0.15) is 0 Å². The fourth-order valence-corrected chi connectivity index (χ4v) is 3.08. The molecule has 3 N–H and O–H groups in total. The van der Waals surface area contributed by atoms with Crippen LogP contribution in [-0.4, -0.2) is 57.0 Å². The van der Waals surface area contributed by atoms with E-state index in [0.29, 0.717) is 6.54 Å². The van der Waals surface area contributed by atoms with Gasteiger partial charge >= 0.3 is 6.09 Å². The molecule has 0 saturated heterocycles. The Bertz CT molecular complexity index is 269. The van der Waals surface area contributed by atoms with Gasteiger partial charge < -0.3 is 20.5 Å². The first-order valence-electron chi connectivity index (χ1n) is 6.88. The molecule has 0 heterocycles. The van der Waals surface area contributed by atoms with Crippen molar-refractivity contribution in [3.8, 4) is 0 Å². The van der Waals surface area contributed by atoms with Crippen molar-refractivity contribution < 1.29 is 14.6 Å². The van der Waals surface area contributed by atoms with E-state index in [1.54, 1.807) is 14.2 Å². The van der Waals surface area contributed by atoms with Crippen LogP contribution in [0.2, 0.25) is 25.7 Å². The minimum Gasteiger partial charge on any atom is -0.465 e. The summed E-state index contributed by atoms with van der Waals surface area (Å²) >= 11 is 0. The number of carbonyl (C=O) groups is 1. The van der Waals surface area contributed by atoms with Crippen LogP contribution in [-0.2, 0) is 4.74 Å². The number of rotatable bonds is 9. The quantitative estimate of drug-likeness (QED) is 0.640. The molecule has 0 saturated carbocycles. The Morgan fingerprint density at radius 2 is 1.89 bits per heavy atom. The Morgan fingerprint density at radius 3 is 2.32 bits per heavy atom. The lowest BCUT2D eigenvalue weighted by Crippen LogP contribution is -2.38. The molecule has 0 aromatic rings. The van der Waals surface area contributed by atoms with Crippen LogP contribution in [0.1, 0.15) is 19.3 Å². The fraction of sp³-hybridized carbons (Fsp3) is 0.923. The van der Waals surface area contributed by atoms with E-state index < -0.39 is 14.2 Å². The molecule has 5 nitrogen and oxygen atoms in total. The summed E-state index contributed by atoms with van der Waals surface area (Å²) in [5, 5.41) is 8.78. The lowest BCUT2D eigenvalue weighted by Gasteiger charge is -2.23. The minimum absolute atomic E-state index is 0.120. The predicted octanol–water partition coefficient (Wildman–Crippen LogP) is 2.45. The number of nitrogens with two attached hydrogens (primary N) is 1. The summed E-state index contributed by atoms with van der Waals surface area (Å²) in [4.78, 5) is 11.9. The highest BCUT2D eigenvalue weighted by Gasteiger charge is 2.18. The van der Waals surface area contributed by atoms with E-state index in [1.807, 2.05) is 0 Å². The number of amides is 1. The molecule has 0 fully saturated rings. The van der Waals surface area contributed by atoms with Crippen LogP contribution in [0.3, 0.4) is 0 Å². The van der Waals surface area contributed by atoms with Crippen molar-refractivity contribution in [2.45, 2.75) is 57.1 Å². The van der Waals surface area contributed by atoms with Crippen LogP contribution < -0.4 is 5.73 Å². The van der Waals surface area contributed by atoms with Gasteiger partial charge in [-0.3, -0.25) is 0 Å². The second kappa shape index (κ2) is 8.55. The summed E-state index contributed by atoms with van der Waals surface area (Å²) in [5.74, 6) is 0. The van der Waals surface area contributed by atoms with Crippen molar-refractivity contribution in [3.63, 3.8) is 0 Å². The molecule has 19 heavy (non-hydrogen) atoms. The van der Waals surface area contributed by atoms with Gasteiger partial charge in [0.2, 0.25) is 0 Å². The maximum Gasteiger partial charge on any atom is 0.407 e. The van der Waals surface area contributed by atoms with E-state index in [1.165, 1.54) is 10.9 Å². The third-order valence-electron chi connectivity index (χ3n) is 3.24. The van der Waals surface area contributed by atoms with Gasteiger partial charge in [-0.25, -0.2) is 4.79 Å². The van der Waals surface area contributed by atoms with Crippen molar-refractivity contribution in [2.24, 2.45) is 5.73 Å². The molecule has 2 atom stereocenters. The largest absolute Gasteiger partial charge is 0.465 e. The second-order valence-electron chi connectivity index (χ2n) is 6.46.